The minimum Gasteiger partial charge on any atom is -0.322 e. The van der Waals surface area contributed by atoms with Gasteiger partial charge in [0.05, 0.1) is 0 Å². The van der Waals surface area contributed by atoms with Gasteiger partial charge in [-0.25, -0.2) is 0 Å². The highest BCUT2D eigenvalue weighted by Crippen LogP contribution is 2.26. The predicted octanol–water partition coefficient (Wildman–Crippen LogP) is 5.03. The van der Waals surface area contributed by atoms with Gasteiger partial charge in [-0.3, -0.25) is 4.79 Å². The minimum absolute atomic E-state index is 0.128. The van der Waals surface area contributed by atoms with E-state index in [-0.39, 0.29) is 5.91 Å². The molecule has 1 heterocycles. The van der Waals surface area contributed by atoms with Gasteiger partial charge in [0.15, 0.2) is 11.0 Å². The molecule has 1 N–H and O–H groups in total. The van der Waals surface area contributed by atoms with Crippen molar-refractivity contribution in [2.45, 2.75) is 10.9 Å². The second kappa shape index (κ2) is 8.75. The highest BCUT2D eigenvalue weighted by molar-refractivity contribution is 7.98. The van der Waals surface area contributed by atoms with Gasteiger partial charge in [-0.2, -0.15) is 0 Å². The van der Waals surface area contributed by atoms with E-state index in [4.69, 9.17) is 0 Å². The minimum atomic E-state index is -0.128. The Labute approximate surface area is 173 Å². The SMILES string of the molecule is Cn1c(SCc2ccccc2)nnc1-c1ccc(NC(=O)c2ccccc2)cc1. The molecule has 0 saturated heterocycles. The summed E-state index contributed by atoms with van der Waals surface area (Å²) in [6.45, 7) is 0. The number of nitrogens with one attached hydrogen (secondary N) is 1. The van der Waals surface area contributed by atoms with Crippen LogP contribution < -0.4 is 5.32 Å². The molecule has 0 aliphatic carbocycles. The van der Waals surface area contributed by atoms with Gasteiger partial charge >= 0.3 is 0 Å². The summed E-state index contributed by atoms with van der Waals surface area (Å²) in [4.78, 5) is 12.3. The van der Waals surface area contributed by atoms with E-state index >= 15 is 0 Å². The molecule has 29 heavy (non-hydrogen) atoms. The maximum absolute atomic E-state index is 12.3. The Balaban J connectivity index is 1.44. The molecular weight excluding hydrogens is 380 g/mol. The molecule has 144 valence electrons. The molecule has 0 atom stereocenters. The molecule has 4 rings (SSSR count). The van der Waals surface area contributed by atoms with Crippen LogP contribution in [0.25, 0.3) is 11.4 Å². The molecule has 0 radical (unpaired) electrons. The van der Waals surface area contributed by atoms with Crippen LogP contribution in [0, 0.1) is 0 Å². The molecule has 0 fully saturated rings. The molecule has 0 spiro atoms. The van der Waals surface area contributed by atoms with E-state index in [9.17, 15) is 4.79 Å². The molecule has 1 aromatic heterocycles. The van der Waals surface area contributed by atoms with Crippen molar-refractivity contribution in [2.75, 3.05) is 5.32 Å². The van der Waals surface area contributed by atoms with Crippen LogP contribution in [-0.2, 0) is 12.8 Å². The van der Waals surface area contributed by atoms with Crippen molar-refractivity contribution in [1.82, 2.24) is 14.8 Å². The molecule has 5 nitrogen and oxygen atoms in total. The number of anilines is 1. The smallest absolute Gasteiger partial charge is 0.255 e. The maximum atomic E-state index is 12.3. The summed E-state index contributed by atoms with van der Waals surface area (Å²) in [5.74, 6) is 1.51. The lowest BCUT2D eigenvalue weighted by Crippen LogP contribution is -2.11. The number of hydrogen-bond donors (Lipinski definition) is 1. The summed E-state index contributed by atoms with van der Waals surface area (Å²) in [6, 6.07) is 27.1. The van der Waals surface area contributed by atoms with E-state index in [1.165, 1.54) is 5.56 Å². The van der Waals surface area contributed by atoms with E-state index in [1.54, 1.807) is 23.9 Å². The van der Waals surface area contributed by atoms with Crippen LogP contribution in [0.5, 0.6) is 0 Å². The molecule has 3 aromatic carbocycles. The molecule has 0 aliphatic heterocycles. The van der Waals surface area contributed by atoms with Crippen LogP contribution >= 0.6 is 11.8 Å². The maximum Gasteiger partial charge on any atom is 0.255 e. The number of thioether (sulfide) groups is 1. The lowest BCUT2D eigenvalue weighted by Gasteiger charge is -2.07. The Bertz CT molecular complexity index is 1090. The molecule has 1 amide bonds. The largest absolute Gasteiger partial charge is 0.322 e. The predicted molar refractivity (Wildman–Crippen MR) is 117 cm³/mol. The van der Waals surface area contributed by atoms with Gasteiger partial charge in [-0.05, 0) is 42.0 Å². The van der Waals surface area contributed by atoms with Gasteiger partial charge in [0.25, 0.3) is 5.91 Å². The summed E-state index contributed by atoms with van der Waals surface area (Å²) in [5, 5.41) is 12.4. The average molecular weight is 401 g/mol. The standard InChI is InChI=1S/C23H20N4OS/c1-27-21(25-26-23(27)29-16-17-8-4-2-5-9-17)18-12-14-20(15-13-18)24-22(28)19-10-6-3-7-11-19/h2-15H,16H2,1H3,(H,24,28). The average Bonchev–Trinajstić information content (AvgIpc) is 3.14. The number of rotatable bonds is 6. The van der Waals surface area contributed by atoms with Crippen LogP contribution in [-0.4, -0.2) is 20.7 Å². The quantitative estimate of drug-likeness (QED) is 0.461. The highest BCUT2D eigenvalue weighted by Gasteiger charge is 2.12. The molecule has 0 aliphatic rings. The number of carbonyl (C=O) groups is 1. The molecule has 0 bridgehead atoms. The van der Waals surface area contributed by atoms with Crippen molar-refractivity contribution in [3.05, 3.63) is 96.1 Å². The van der Waals surface area contributed by atoms with Crippen molar-refractivity contribution in [1.29, 1.82) is 0 Å². The summed E-state index contributed by atoms with van der Waals surface area (Å²) in [5.41, 5.74) is 3.57. The van der Waals surface area contributed by atoms with Gasteiger partial charge in [-0.1, -0.05) is 60.3 Å². The molecule has 6 heteroatoms. The summed E-state index contributed by atoms with van der Waals surface area (Å²) >= 11 is 1.66. The second-order valence-corrected chi connectivity index (χ2v) is 7.48. The molecule has 0 saturated carbocycles. The van der Waals surface area contributed by atoms with Gasteiger partial charge in [0, 0.05) is 29.6 Å². The zero-order valence-corrected chi connectivity index (χ0v) is 16.8. The van der Waals surface area contributed by atoms with Crippen molar-refractivity contribution >= 4 is 23.4 Å². The third-order valence-corrected chi connectivity index (χ3v) is 5.57. The fraction of sp³-hybridized carbons (Fsp3) is 0.0870. The number of hydrogen-bond acceptors (Lipinski definition) is 4. The first-order chi connectivity index (χ1) is 14.2. The van der Waals surface area contributed by atoms with Crippen molar-refractivity contribution < 1.29 is 4.79 Å². The van der Waals surface area contributed by atoms with Crippen LogP contribution in [0.15, 0.2) is 90.1 Å². The first kappa shape index (κ1) is 19.0. The Kier molecular flexibility index (Phi) is 5.72. The number of benzene rings is 3. The van der Waals surface area contributed by atoms with Crippen molar-refractivity contribution in [2.24, 2.45) is 7.05 Å². The van der Waals surface area contributed by atoms with Crippen LogP contribution in [0.1, 0.15) is 15.9 Å². The Morgan fingerprint density at radius 1 is 0.897 bits per heavy atom. The fourth-order valence-electron chi connectivity index (χ4n) is 2.91. The fourth-order valence-corrected chi connectivity index (χ4v) is 3.78. The zero-order valence-electron chi connectivity index (χ0n) is 15.9. The summed E-state index contributed by atoms with van der Waals surface area (Å²) in [7, 11) is 1.97. The lowest BCUT2D eigenvalue weighted by molar-refractivity contribution is 0.102. The van der Waals surface area contributed by atoms with Gasteiger partial charge in [0.2, 0.25) is 0 Å². The van der Waals surface area contributed by atoms with Crippen LogP contribution in [0.4, 0.5) is 5.69 Å². The van der Waals surface area contributed by atoms with Gasteiger partial charge in [-0.15, -0.1) is 10.2 Å². The third-order valence-electron chi connectivity index (χ3n) is 4.48. The third kappa shape index (κ3) is 4.55. The van der Waals surface area contributed by atoms with E-state index < -0.39 is 0 Å². The normalized spacial score (nSPS) is 10.7. The first-order valence-corrected chi connectivity index (χ1v) is 10.2. The number of amides is 1. The highest BCUT2D eigenvalue weighted by atomic mass is 32.2. The van der Waals surface area contributed by atoms with E-state index in [2.05, 4.69) is 27.6 Å². The van der Waals surface area contributed by atoms with Crippen molar-refractivity contribution in [3.8, 4) is 11.4 Å². The van der Waals surface area contributed by atoms with E-state index in [0.717, 1.165) is 28.0 Å². The Hall–Kier alpha value is -3.38. The molecule has 4 aromatic rings. The Morgan fingerprint density at radius 2 is 1.55 bits per heavy atom. The number of nitrogens with zero attached hydrogens (tertiary/aromatic N) is 3. The zero-order chi connectivity index (χ0) is 20.1. The number of aromatic nitrogens is 3. The van der Waals surface area contributed by atoms with E-state index in [0.29, 0.717) is 5.56 Å². The van der Waals surface area contributed by atoms with Crippen molar-refractivity contribution in [3.63, 3.8) is 0 Å². The summed E-state index contributed by atoms with van der Waals surface area (Å²) < 4.78 is 1.99. The Morgan fingerprint density at radius 3 is 2.24 bits per heavy atom. The topological polar surface area (TPSA) is 59.8 Å². The lowest BCUT2D eigenvalue weighted by atomic mass is 10.1. The molecule has 0 unspecified atom stereocenters. The molecular formula is C23H20N4OS. The number of carbonyl (C=O) groups excluding carboxylic acids is 1. The summed E-state index contributed by atoms with van der Waals surface area (Å²) in [6.07, 6.45) is 0. The van der Waals surface area contributed by atoms with Crippen LogP contribution in [0.3, 0.4) is 0 Å². The first-order valence-electron chi connectivity index (χ1n) is 9.23. The van der Waals surface area contributed by atoms with Crippen LogP contribution in [0.2, 0.25) is 0 Å². The van der Waals surface area contributed by atoms with Gasteiger partial charge < -0.3 is 9.88 Å². The van der Waals surface area contributed by atoms with E-state index in [1.807, 2.05) is 72.3 Å². The monoisotopic (exact) mass is 400 g/mol. The van der Waals surface area contributed by atoms with Gasteiger partial charge in [0.1, 0.15) is 0 Å². The second-order valence-electron chi connectivity index (χ2n) is 6.54.